The number of carbonyl (C=O) groups excluding carboxylic acids is 1. The van der Waals surface area contributed by atoms with Gasteiger partial charge in [0.2, 0.25) is 0 Å². The maximum atomic E-state index is 15.4. The number of nitrogens with one attached hydrogen (secondary N) is 1. The average molecular weight is 580 g/mol. The number of amides is 1. The molecule has 220 valence electrons. The van der Waals surface area contributed by atoms with Crippen molar-refractivity contribution in [3.63, 3.8) is 0 Å². The maximum Gasteiger partial charge on any atom is 0.274 e. The van der Waals surface area contributed by atoms with Gasteiger partial charge in [0.1, 0.15) is 28.8 Å². The molecule has 1 aliphatic heterocycles. The minimum absolute atomic E-state index is 0.0700. The lowest BCUT2D eigenvalue weighted by atomic mass is 9.68. The molecule has 1 aromatic carbocycles. The van der Waals surface area contributed by atoms with E-state index in [9.17, 15) is 19.6 Å². The van der Waals surface area contributed by atoms with Crippen LogP contribution in [0.2, 0.25) is 0 Å². The number of benzene rings is 1. The van der Waals surface area contributed by atoms with E-state index in [1.54, 1.807) is 19.2 Å². The summed E-state index contributed by atoms with van der Waals surface area (Å²) in [6.07, 6.45) is 4.71. The highest BCUT2D eigenvalue weighted by Gasteiger charge is 2.42. The Labute approximate surface area is 241 Å². The Morgan fingerprint density at radius 1 is 1.14 bits per heavy atom. The molecule has 2 aliphatic rings. The molecule has 5 rings (SSSR count). The number of carbonyl (C=O) groups is 1. The molecular formula is C31H32F3N5O3. The topological polar surface area (TPSA) is 134 Å². The fourth-order valence-corrected chi connectivity index (χ4v) is 5.98. The number of hydrogen-bond donors (Lipinski definition) is 3. The first-order chi connectivity index (χ1) is 20.0. The third kappa shape index (κ3) is 5.38. The van der Waals surface area contributed by atoms with Gasteiger partial charge in [0.05, 0.1) is 34.5 Å². The largest absolute Gasteiger partial charge is 0.388 e. The predicted molar refractivity (Wildman–Crippen MR) is 149 cm³/mol. The van der Waals surface area contributed by atoms with Crippen molar-refractivity contribution in [3.8, 4) is 17.3 Å². The second kappa shape index (κ2) is 11.4. The molecule has 8 nitrogen and oxygen atoms in total. The monoisotopic (exact) mass is 579 g/mol. The van der Waals surface area contributed by atoms with Gasteiger partial charge in [0.25, 0.3) is 5.91 Å². The zero-order chi connectivity index (χ0) is 30.2. The molecule has 1 saturated heterocycles. The molecule has 0 radical (unpaired) electrons. The quantitative estimate of drug-likeness (QED) is 0.388. The molecule has 3 aromatic rings. The number of nitrogens with two attached hydrogens (primary N) is 1. The van der Waals surface area contributed by atoms with Crippen molar-refractivity contribution in [1.29, 1.82) is 5.26 Å². The van der Waals surface area contributed by atoms with E-state index in [0.29, 0.717) is 18.5 Å². The number of halogens is 3. The van der Waals surface area contributed by atoms with Crippen molar-refractivity contribution in [2.45, 2.75) is 62.5 Å². The van der Waals surface area contributed by atoms with Gasteiger partial charge in [0.15, 0.2) is 0 Å². The van der Waals surface area contributed by atoms with E-state index in [4.69, 9.17) is 10.5 Å². The highest BCUT2D eigenvalue weighted by Crippen LogP contribution is 2.43. The molecule has 4 atom stereocenters. The summed E-state index contributed by atoms with van der Waals surface area (Å²) in [5, 5.41) is 23.2. The van der Waals surface area contributed by atoms with Gasteiger partial charge in [-0.3, -0.25) is 9.78 Å². The Hall–Kier alpha value is -3.85. The number of nitriles is 1. The van der Waals surface area contributed by atoms with Crippen molar-refractivity contribution in [2.24, 2.45) is 11.7 Å². The van der Waals surface area contributed by atoms with E-state index in [1.807, 2.05) is 6.92 Å². The van der Waals surface area contributed by atoms with Gasteiger partial charge in [0, 0.05) is 25.5 Å². The van der Waals surface area contributed by atoms with E-state index in [-0.39, 0.29) is 49.1 Å². The molecule has 2 aromatic heterocycles. The molecule has 4 N–H and O–H groups in total. The Balaban J connectivity index is 1.44. The Morgan fingerprint density at radius 3 is 2.48 bits per heavy atom. The molecule has 0 bridgehead atoms. The van der Waals surface area contributed by atoms with Crippen molar-refractivity contribution < 1.29 is 27.8 Å². The molecule has 1 aliphatic carbocycles. The number of aromatic nitrogens is 2. The van der Waals surface area contributed by atoms with Gasteiger partial charge in [-0.25, -0.2) is 18.2 Å². The van der Waals surface area contributed by atoms with Gasteiger partial charge in [-0.2, -0.15) is 5.26 Å². The number of anilines is 1. The summed E-state index contributed by atoms with van der Waals surface area (Å²) in [5.41, 5.74) is 3.77. The average Bonchev–Trinajstić information content (AvgIpc) is 2.97. The molecule has 2 fully saturated rings. The summed E-state index contributed by atoms with van der Waals surface area (Å²) in [7, 11) is 0. The van der Waals surface area contributed by atoms with Gasteiger partial charge in [-0.15, -0.1) is 0 Å². The molecule has 0 spiro atoms. The standard InChI is InChI=1S/C31H32F3N5O3/c1-17-11-18(12-26(36)30(17,2)41)20-5-8-37-15-25(20)39-29(40)24-4-3-21(32)28(38-24)27-22(33)13-19(14-23(27)34)31(16-35)6-9-42-10-7-31/h3-5,8,13-15,17-18,26,41H,6-7,9-12,36H2,1-2H3,(H,39,40)/t17-,18+,26+,30+/m0/s1. The number of rotatable bonds is 5. The van der Waals surface area contributed by atoms with Crippen molar-refractivity contribution in [1.82, 2.24) is 9.97 Å². The van der Waals surface area contributed by atoms with Crippen LogP contribution in [0.4, 0.5) is 18.9 Å². The maximum absolute atomic E-state index is 15.4. The number of aliphatic hydroxyl groups is 1. The van der Waals surface area contributed by atoms with Crippen LogP contribution in [0.5, 0.6) is 0 Å². The minimum atomic E-state index is -1.12. The van der Waals surface area contributed by atoms with Crippen LogP contribution in [0.15, 0.2) is 42.7 Å². The first-order valence-electron chi connectivity index (χ1n) is 13.9. The summed E-state index contributed by atoms with van der Waals surface area (Å²) in [5.74, 6) is -4.10. The van der Waals surface area contributed by atoms with Crippen LogP contribution in [0.25, 0.3) is 11.3 Å². The number of pyridine rings is 2. The zero-order valence-corrected chi connectivity index (χ0v) is 23.3. The Bertz CT molecular complexity index is 1510. The molecule has 1 saturated carbocycles. The molecule has 3 heterocycles. The van der Waals surface area contributed by atoms with Crippen molar-refractivity contribution >= 4 is 11.6 Å². The lowest BCUT2D eigenvalue weighted by Crippen LogP contribution is -2.54. The molecule has 42 heavy (non-hydrogen) atoms. The van der Waals surface area contributed by atoms with E-state index < -0.39 is 51.7 Å². The lowest BCUT2D eigenvalue weighted by Gasteiger charge is -2.44. The summed E-state index contributed by atoms with van der Waals surface area (Å²) in [4.78, 5) is 21.4. The fraction of sp³-hybridized carbons (Fsp3) is 0.419. The summed E-state index contributed by atoms with van der Waals surface area (Å²) in [6, 6.07) is 7.54. The second-order valence-corrected chi connectivity index (χ2v) is 11.5. The van der Waals surface area contributed by atoms with Gasteiger partial charge >= 0.3 is 0 Å². The zero-order valence-electron chi connectivity index (χ0n) is 23.3. The van der Waals surface area contributed by atoms with E-state index in [2.05, 4.69) is 21.4 Å². The van der Waals surface area contributed by atoms with E-state index in [0.717, 1.165) is 29.8 Å². The third-order valence-electron chi connectivity index (χ3n) is 8.94. The summed E-state index contributed by atoms with van der Waals surface area (Å²) in [6.45, 7) is 4.19. The van der Waals surface area contributed by atoms with E-state index >= 15 is 8.78 Å². The molecule has 11 heteroatoms. The summed E-state index contributed by atoms with van der Waals surface area (Å²) < 4.78 is 50.9. The smallest absolute Gasteiger partial charge is 0.274 e. The minimum Gasteiger partial charge on any atom is -0.388 e. The fourth-order valence-electron chi connectivity index (χ4n) is 5.98. The number of hydrogen-bond acceptors (Lipinski definition) is 7. The lowest BCUT2D eigenvalue weighted by molar-refractivity contribution is -0.0463. The third-order valence-corrected chi connectivity index (χ3v) is 8.94. The van der Waals surface area contributed by atoms with Crippen molar-refractivity contribution in [3.05, 3.63) is 77.0 Å². The van der Waals surface area contributed by atoms with Crippen LogP contribution in [0, 0.1) is 34.7 Å². The number of nitrogens with zero attached hydrogens (tertiary/aromatic N) is 3. The summed E-state index contributed by atoms with van der Waals surface area (Å²) >= 11 is 0. The van der Waals surface area contributed by atoms with Crippen LogP contribution in [0.3, 0.4) is 0 Å². The normalized spacial score (nSPS) is 25.4. The van der Waals surface area contributed by atoms with Crippen LogP contribution in [0.1, 0.15) is 67.1 Å². The molecule has 1 amide bonds. The SMILES string of the molecule is C[C@H]1C[C@@H](c2ccncc2NC(=O)c2ccc(F)c(-c3c(F)cc(C4(C#N)CCOCC4)cc3F)n2)C[C@@H](N)[C@]1(C)O. The van der Waals surface area contributed by atoms with Gasteiger partial charge < -0.3 is 20.9 Å². The highest BCUT2D eigenvalue weighted by molar-refractivity contribution is 6.03. The first-order valence-corrected chi connectivity index (χ1v) is 13.9. The predicted octanol–water partition coefficient (Wildman–Crippen LogP) is 4.98. The van der Waals surface area contributed by atoms with Crippen molar-refractivity contribution in [2.75, 3.05) is 18.5 Å². The van der Waals surface area contributed by atoms with Gasteiger partial charge in [-0.05, 0) is 85.9 Å². The Kier molecular flexibility index (Phi) is 8.07. The van der Waals surface area contributed by atoms with Gasteiger partial charge in [-0.1, -0.05) is 6.92 Å². The molecular weight excluding hydrogens is 547 g/mol. The van der Waals surface area contributed by atoms with Crippen LogP contribution in [-0.2, 0) is 10.2 Å². The van der Waals surface area contributed by atoms with E-state index in [1.165, 1.54) is 6.20 Å². The van der Waals surface area contributed by atoms with Crippen LogP contribution in [-0.4, -0.2) is 45.8 Å². The highest BCUT2D eigenvalue weighted by atomic mass is 19.1. The molecule has 0 unspecified atom stereocenters. The van der Waals surface area contributed by atoms with Crippen LogP contribution < -0.4 is 11.1 Å². The van der Waals surface area contributed by atoms with Crippen LogP contribution >= 0.6 is 0 Å². The number of ether oxygens (including phenoxy) is 1. The first kappa shape index (κ1) is 29.6. The Morgan fingerprint density at radius 2 is 1.83 bits per heavy atom. The second-order valence-electron chi connectivity index (χ2n) is 11.5.